The van der Waals surface area contributed by atoms with Crippen LogP contribution >= 0.6 is 0 Å². The lowest BCUT2D eigenvalue weighted by Crippen LogP contribution is -2.35. The third kappa shape index (κ3) is 3.32. The highest BCUT2D eigenvalue weighted by Crippen LogP contribution is 2.18. The van der Waals surface area contributed by atoms with Crippen molar-refractivity contribution in [1.29, 1.82) is 0 Å². The van der Waals surface area contributed by atoms with Crippen molar-refractivity contribution in [3.63, 3.8) is 0 Å². The predicted octanol–water partition coefficient (Wildman–Crippen LogP) is 1.87. The molecule has 26 heavy (non-hydrogen) atoms. The van der Waals surface area contributed by atoms with Gasteiger partial charge in [0, 0.05) is 6.54 Å². The average molecular weight is 376 g/mol. The molecule has 0 spiro atoms. The minimum Gasteiger partial charge on any atom is -0.307 e. The molecule has 0 unspecified atom stereocenters. The molecule has 0 radical (unpaired) electrons. The molecule has 1 N–H and O–H groups in total. The highest BCUT2D eigenvalue weighted by atomic mass is 32.2. The molecule has 2 aromatic carbocycles. The van der Waals surface area contributed by atoms with E-state index in [4.69, 9.17) is 0 Å². The molecule has 0 saturated heterocycles. The zero-order chi connectivity index (χ0) is 18.9. The summed E-state index contributed by atoms with van der Waals surface area (Å²) in [6.45, 7) is 1.54. The molecule has 3 aromatic rings. The van der Waals surface area contributed by atoms with Crippen LogP contribution in [0.3, 0.4) is 0 Å². The van der Waals surface area contributed by atoms with Crippen molar-refractivity contribution >= 4 is 20.7 Å². The van der Waals surface area contributed by atoms with Gasteiger partial charge < -0.3 is 4.98 Å². The average Bonchev–Trinajstić information content (AvgIpc) is 2.62. The molecule has 0 saturated carbocycles. The fraction of sp³-hybridized carbons (Fsp3) is 0.222. The van der Waals surface area contributed by atoms with E-state index >= 15 is 0 Å². The van der Waals surface area contributed by atoms with Crippen LogP contribution in [-0.2, 0) is 22.8 Å². The number of sulfone groups is 1. The van der Waals surface area contributed by atoms with Crippen LogP contribution in [0.15, 0.2) is 56.9 Å². The summed E-state index contributed by atoms with van der Waals surface area (Å²) in [5.41, 5.74) is -0.449. The zero-order valence-corrected chi connectivity index (χ0v) is 14.8. The molecule has 0 aliphatic heterocycles. The number of nitrogens with zero attached hydrogens (tertiary/aromatic N) is 1. The number of aryl methyl sites for hydroxylation is 1. The second-order valence-corrected chi connectivity index (χ2v) is 8.08. The molecule has 8 heteroatoms. The largest absolute Gasteiger partial charge is 0.328 e. The van der Waals surface area contributed by atoms with Crippen molar-refractivity contribution < 1.29 is 12.8 Å². The maximum absolute atomic E-state index is 13.4. The van der Waals surface area contributed by atoms with Crippen LogP contribution in [0.25, 0.3) is 10.9 Å². The third-order valence-corrected chi connectivity index (χ3v) is 6.06. The van der Waals surface area contributed by atoms with Gasteiger partial charge in [-0.25, -0.2) is 17.6 Å². The summed E-state index contributed by atoms with van der Waals surface area (Å²) in [4.78, 5) is 27.4. The monoisotopic (exact) mass is 376 g/mol. The van der Waals surface area contributed by atoms with Crippen molar-refractivity contribution in [2.45, 2.75) is 24.8 Å². The van der Waals surface area contributed by atoms with Gasteiger partial charge in [0.25, 0.3) is 5.56 Å². The quantitative estimate of drug-likeness (QED) is 0.736. The number of aromatic nitrogens is 2. The standard InChI is InChI=1S/C18H17FN2O4S/c1-2-26(24,25)16-6-4-3-5-12(16)9-10-21-17(22)14-11-13(19)7-8-15(14)20-18(21)23/h3-8,11H,2,9-10H2,1H3,(H,20,23). The van der Waals surface area contributed by atoms with Crippen molar-refractivity contribution in [3.05, 3.63) is 74.7 Å². The first-order valence-electron chi connectivity index (χ1n) is 8.06. The van der Waals surface area contributed by atoms with Crippen molar-refractivity contribution in [1.82, 2.24) is 9.55 Å². The first-order chi connectivity index (χ1) is 12.3. The summed E-state index contributed by atoms with van der Waals surface area (Å²) < 4.78 is 38.8. The van der Waals surface area contributed by atoms with E-state index in [0.717, 1.165) is 16.7 Å². The Balaban J connectivity index is 2.02. The summed E-state index contributed by atoms with van der Waals surface area (Å²) in [6, 6.07) is 10.1. The summed E-state index contributed by atoms with van der Waals surface area (Å²) in [6.07, 6.45) is 0.180. The Morgan fingerprint density at radius 3 is 2.58 bits per heavy atom. The molecule has 0 amide bonds. The fourth-order valence-corrected chi connectivity index (χ4v) is 3.99. The second-order valence-electron chi connectivity index (χ2n) is 5.84. The lowest BCUT2D eigenvalue weighted by atomic mass is 10.1. The lowest BCUT2D eigenvalue weighted by molar-refractivity contribution is 0.592. The zero-order valence-electron chi connectivity index (χ0n) is 14.0. The van der Waals surface area contributed by atoms with E-state index in [2.05, 4.69) is 4.98 Å². The first-order valence-corrected chi connectivity index (χ1v) is 9.72. The minimum atomic E-state index is -3.42. The van der Waals surface area contributed by atoms with Gasteiger partial charge in [0.05, 0.1) is 21.6 Å². The molecule has 0 fully saturated rings. The summed E-state index contributed by atoms with van der Waals surface area (Å²) in [5.74, 6) is -0.618. The number of hydrogen-bond acceptors (Lipinski definition) is 4. The normalized spacial score (nSPS) is 11.8. The maximum atomic E-state index is 13.4. The van der Waals surface area contributed by atoms with Gasteiger partial charge in [-0.3, -0.25) is 9.36 Å². The molecule has 0 aliphatic rings. The van der Waals surface area contributed by atoms with Gasteiger partial charge in [-0.1, -0.05) is 25.1 Å². The number of benzene rings is 2. The van der Waals surface area contributed by atoms with Crippen LogP contribution in [-0.4, -0.2) is 23.7 Å². The molecule has 6 nitrogen and oxygen atoms in total. The second kappa shape index (κ2) is 6.87. The molecule has 136 valence electrons. The number of H-pyrrole nitrogens is 1. The Kier molecular flexibility index (Phi) is 4.78. The van der Waals surface area contributed by atoms with Crippen LogP contribution in [0, 0.1) is 5.82 Å². The maximum Gasteiger partial charge on any atom is 0.328 e. The Bertz CT molecular complexity index is 1200. The number of hydrogen-bond donors (Lipinski definition) is 1. The van der Waals surface area contributed by atoms with Crippen LogP contribution in [0.4, 0.5) is 4.39 Å². The van der Waals surface area contributed by atoms with Gasteiger partial charge >= 0.3 is 5.69 Å². The number of aromatic amines is 1. The number of nitrogens with one attached hydrogen (secondary N) is 1. The van der Waals surface area contributed by atoms with Gasteiger partial charge in [0.1, 0.15) is 5.82 Å². The predicted molar refractivity (Wildman–Crippen MR) is 96.7 cm³/mol. The van der Waals surface area contributed by atoms with E-state index < -0.39 is 26.9 Å². The summed E-state index contributed by atoms with van der Waals surface area (Å²) in [5, 5.41) is 0.0686. The smallest absolute Gasteiger partial charge is 0.307 e. The van der Waals surface area contributed by atoms with Gasteiger partial charge in [-0.15, -0.1) is 0 Å². The summed E-state index contributed by atoms with van der Waals surface area (Å²) >= 11 is 0. The molecule has 1 aromatic heterocycles. The van der Waals surface area contributed by atoms with Gasteiger partial charge in [-0.05, 0) is 36.2 Å². The Morgan fingerprint density at radius 2 is 1.85 bits per heavy atom. The summed E-state index contributed by atoms with van der Waals surface area (Å²) in [7, 11) is -3.42. The lowest BCUT2D eigenvalue weighted by Gasteiger charge is -2.10. The van der Waals surface area contributed by atoms with Crippen LogP contribution < -0.4 is 11.2 Å². The molecular formula is C18H17FN2O4S. The number of fused-ring (bicyclic) bond motifs is 1. The van der Waals surface area contributed by atoms with Crippen molar-refractivity contribution in [2.75, 3.05) is 5.75 Å². The van der Waals surface area contributed by atoms with E-state index in [1.807, 2.05) is 0 Å². The highest BCUT2D eigenvalue weighted by molar-refractivity contribution is 7.91. The van der Waals surface area contributed by atoms with E-state index in [1.54, 1.807) is 25.1 Å². The fourth-order valence-electron chi connectivity index (χ4n) is 2.83. The topological polar surface area (TPSA) is 89.0 Å². The molecule has 1 heterocycles. The molecular weight excluding hydrogens is 359 g/mol. The van der Waals surface area contributed by atoms with E-state index in [1.165, 1.54) is 12.1 Å². The van der Waals surface area contributed by atoms with Crippen LogP contribution in [0.2, 0.25) is 0 Å². The minimum absolute atomic E-state index is 0.0170. The SMILES string of the molecule is CCS(=O)(=O)c1ccccc1CCn1c(=O)[nH]c2ccc(F)cc2c1=O. The van der Waals surface area contributed by atoms with E-state index in [9.17, 15) is 22.4 Å². The molecule has 3 rings (SSSR count). The highest BCUT2D eigenvalue weighted by Gasteiger charge is 2.16. The van der Waals surface area contributed by atoms with Gasteiger partial charge in [-0.2, -0.15) is 0 Å². The number of halogens is 1. The molecule has 0 atom stereocenters. The van der Waals surface area contributed by atoms with Crippen molar-refractivity contribution in [2.24, 2.45) is 0 Å². The van der Waals surface area contributed by atoms with Gasteiger partial charge in [0.2, 0.25) is 0 Å². The van der Waals surface area contributed by atoms with E-state index in [-0.39, 0.29) is 34.5 Å². The third-order valence-electron chi connectivity index (χ3n) is 4.24. The molecule has 0 bridgehead atoms. The molecule has 0 aliphatic carbocycles. The van der Waals surface area contributed by atoms with Gasteiger partial charge in [0.15, 0.2) is 9.84 Å². The Hall–Kier alpha value is -2.74. The number of rotatable bonds is 5. The van der Waals surface area contributed by atoms with Crippen LogP contribution in [0.1, 0.15) is 12.5 Å². The Labute approximate surface area is 148 Å². The van der Waals surface area contributed by atoms with Crippen molar-refractivity contribution in [3.8, 4) is 0 Å². The first kappa shape index (κ1) is 18.1. The van der Waals surface area contributed by atoms with E-state index in [0.29, 0.717) is 5.56 Å². The van der Waals surface area contributed by atoms with Crippen LogP contribution in [0.5, 0.6) is 0 Å². The Morgan fingerprint density at radius 1 is 1.12 bits per heavy atom.